The third-order valence-corrected chi connectivity index (χ3v) is 4.40. The first-order chi connectivity index (χ1) is 10.7. The van der Waals surface area contributed by atoms with E-state index in [1.165, 1.54) is 4.88 Å². The van der Waals surface area contributed by atoms with Crippen LogP contribution in [0.4, 0.5) is 0 Å². The van der Waals surface area contributed by atoms with Crippen LogP contribution >= 0.6 is 11.3 Å². The predicted molar refractivity (Wildman–Crippen MR) is 91.7 cm³/mol. The fourth-order valence-electron chi connectivity index (χ4n) is 1.96. The van der Waals surface area contributed by atoms with Gasteiger partial charge in [0.05, 0.1) is 7.11 Å². The van der Waals surface area contributed by atoms with Crippen molar-refractivity contribution in [3.63, 3.8) is 0 Å². The van der Waals surface area contributed by atoms with Gasteiger partial charge < -0.3 is 15.4 Å². The fourth-order valence-corrected chi connectivity index (χ4v) is 2.75. The molecule has 0 aliphatic rings. The number of nitrogens with zero attached hydrogens (tertiary/aromatic N) is 2. The van der Waals surface area contributed by atoms with Gasteiger partial charge in [-0.1, -0.05) is 19.1 Å². The van der Waals surface area contributed by atoms with E-state index in [2.05, 4.69) is 45.0 Å². The van der Waals surface area contributed by atoms with Gasteiger partial charge in [0.1, 0.15) is 0 Å². The Bertz CT molecular complexity index is 581. The summed E-state index contributed by atoms with van der Waals surface area (Å²) < 4.78 is 5.05. The molecule has 1 unspecified atom stereocenters. The normalized spacial score (nSPS) is 12.8. The number of ether oxygens (including phenoxy) is 1. The maximum Gasteiger partial charge on any atom is 0.212 e. The maximum atomic E-state index is 5.05. The molecule has 0 aliphatic carbocycles. The minimum absolute atomic E-state index is 0.459. The summed E-state index contributed by atoms with van der Waals surface area (Å²) in [6.07, 6.45) is 1.80. The van der Waals surface area contributed by atoms with E-state index in [0.717, 1.165) is 18.1 Å². The number of hydrogen-bond acceptors (Lipinski definition) is 4. The summed E-state index contributed by atoms with van der Waals surface area (Å²) in [6, 6.07) is 8.09. The first kappa shape index (κ1) is 16.3. The third-order valence-electron chi connectivity index (χ3n) is 3.29. The van der Waals surface area contributed by atoms with Crippen LogP contribution in [0.25, 0.3) is 0 Å². The molecule has 2 rings (SSSR count). The Morgan fingerprint density at radius 2 is 2.23 bits per heavy atom. The quantitative estimate of drug-likeness (QED) is 0.635. The van der Waals surface area contributed by atoms with Crippen molar-refractivity contribution in [1.29, 1.82) is 0 Å². The van der Waals surface area contributed by atoms with Crippen LogP contribution in [-0.2, 0) is 6.54 Å². The van der Waals surface area contributed by atoms with E-state index in [1.807, 2.05) is 12.1 Å². The van der Waals surface area contributed by atoms with Gasteiger partial charge in [-0.25, -0.2) is 4.98 Å². The lowest BCUT2D eigenvalue weighted by Crippen LogP contribution is -2.38. The maximum absolute atomic E-state index is 5.05. The molecule has 2 aromatic rings. The Labute approximate surface area is 135 Å². The van der Waals surface area contributed by atoms with Crippen molar-refractivity contribution in [3.8, 4) is 5.88 Å². The first-order valence-corrected chi connectivity index (χ1v) is 8.07. The summed E-state index contributed by atoms with van der Waals surface area (Å²) >= 11 is 1.78. The number of aromatic nitrogens is 1. The van der Waals surface area contributed by atoms with E-state index in [-0.39, 0.29) is 0 Å². The molecule has 2 aromatic heterocycles. The van der Waals surface area contributed by atoms with E-state index >= 15 is 0 Å². The van der Waals surface area contributed by atoms with Gasteiger partial charge in [0.2, 0.25) is 5.88 Å². The standard InChI is InChI=1S/C16H22N4OS/c1-12(14-5-4-8-22-14)9-19-16(17-2)20-11-13-6-7-15(21-3)18-10-13/h4-8,10,12H,9,11H2,1-3H3,(H2,17,19,20). The van der Waals surface area contributed by atoms with Gasteiger partial charge in [-0.3, -0.25) is 4.99 Å². The highest BCUT2D eigenvalue weighted by molar-refractivity contribution is 7.10. The topological polar surface area (TPSA) is 58.5 Å². The summed E-state index contributed by atoms with van der Waals surface area (Å²) in [5.41, 5.74) is 1.08. The molecule has 0 fully saturated rings. The molecule has 0 aromatic carbocycles. The van der Waals surface area contributed by atoms with Crippen LogP contribution in [0, 0.1) is 0 Å². The molecule has 0 bridgehead atoms. The molecule has 2 N–H and O–H groups in total. The number of methoxy groups -OCH3 is 1. The number of nitrogens with one attached hydrogen (secondary N) is 2. The van der Waals surface area contributed by atoms with Crippen LogP contribution < -0.4 is 15.4 Å². The summed E-state index contributed by atoms with van der Waals surface area (Å²) in [6.45, 7) is 3.73. The van der Waals surface area contributed by atoms with Crippen LogP contribution in [0.3, 0.4) is 0 Å². The monoisotopic (exact) mass is 318 g/mol. The molecule has 0 saturated heterocycles. The van der Waals surface area contributed by atoms with Crippen LogP contribution in [0.15, 0.2) is 40.8 Å². The largest absolute Gasteiger partial charge is 0.481 e. The van der Waals surface area contributed by atoms with E-state index in [0.29, 0.717) is 18.3 Å². The van der Waals surface area contributed by atoms with Gasteiger partial charge in [0, 0.05) is 43.2 Å². The van der Waals surface area contributed by atoms with Gasteiger partial charge in [-0.15, -0.1) is 11.3 Å². The summed E-state index contributed by atoms with van der Waals surface area (Å²) in [5.74, 6) is 1.87. The fraction of sp³-hybridized carbons (Fsp3) is 0.375. The lowest BCUT2D eigenvalue weighted by atomic mass is 10.1. The molecular formula is C16H22N4OS. The molecule has 5 nitrogen and oxygen atoms in total. The number of thiophene rings is 1. The van der Waals surface area contributed by atoms with Gasteiger partial charge >= 0.3 is 0 Å². The second-order valence-corrected chi connectivity index (χ2v) is 5.91. The summed E-state index contributed by atoms with van der Waals surface area (Å²) in [7, 11) is 3.39. The molecular weight excluding hydrogens is 296 g/mol. The van der Waals surface area contributed by atoms with Gasteiger partial charge in [-0.05, 0) is 17.0 Å². The number of aliphatic imine (C=N–C) groups is 1. The Morgan fingerprint density at radius 3 is 2.82 bits per heavy atom. The molecule has 2 heterocycles. The second kappa shape index (κ2) is 8.38. The first-order valence-electron chi connectivity index (χ1n) is 7.19. The molecule has 6 heteroatoms. The molecule has 118 valence electrons. The highest BCUT2D eigenvalue weighted by Crippen LogP contribution is 2.19. The molecule has 0 aliphatic heterocycles. The van der Waals surface area contributed by atoms with E-state index in [1.54, 1.807) is 31.7 Å². The van der Waals surface area contributed by atoms with Crippen molar-refractivity contribution in [2.24, 2.45) is 4.99 Å². The third kappa shape index (κ3) is 4.73. The molecule has 0 spiro atoms. The number of guanidine groups is 1. The number of pyridine rings is 1. The lowest BCUT2D eigenvalue weighted by Gasteiger charge is -2.15. The SMILES string of the molecule is CN=C(NCc1ccc(OC)nc1)NCC(C)c1cccs1. The van der Waals surface area contributed by atoms with Gasteiger partial charge in [-0.2, -0.15) is 0 Å². The van der Waals surface area contributed by atoms with E-state index < -0.39 is 0 Å². The Hall–Kier alpha value is -2.08. The summed E-state index contributed by atoms with van der Waals surface area (Å²) in [5, 5.41) is 8.74. The molecule has 1 atom stereocenters. The molecule has 0 radical (unpaired) electrons. The zero-order chi connectivity index (χ0) is 15.8. The van der Waals surface area contributed by atoms with Gasteiger partial charge in [0.25, 0.3) is 0 Å². The van der Waals surface area contributed by atoms with Crippen molar-refractivity contribution in [3.05, 3.63) is 46.3 Å². The van der Waals surface area contributed by atoms with Crippen LogP contribution in [0.5, 0.6) is 5.88 Å². The molecule has 22 heavy (non-hydrogen) atoms. The Morgan fingerprint density at radius 1 is 1.36 bits per heavy atom. The smallest absolute Gasteiger partial charge is 0.212 e. The van der Waals surface area contributed by atoms with Crippen molar-refractivity contribution < 1.29 is 4.74 Å². The Kier molecular flexibility index (Phi) is 6.21. The van der Waals surface area contributed by atoms with E-state index in [4.69, 9.17) is 4.74 Å². The highest BCUT2D eigenvalue weighted by Gasteiger charge is 2.07. The number of rotatable bonds is 6. The highest BCUT2D eigenvalue weighted by atomic mass is 32.1. The number of hydrogen-bond donors (Lipinski definition) is 2. The second-order valence-electron chi connectivity index (χ2n) is 4.93. The van der Waals surface area contributed by atoms with Crippen molar-refractivity contribution in [1.82, 2.24) is 15.6 Å². The van der Waals surface area contributed by atoms with Crippen molar-refractivity contribution in [2.75, 3.05) is 20.7 Å². The zero-order valence-electron chi connectivity index (χ0n) is 13.2. The molecule has 0 amide bonds. The van der Waals surface area contributed by atoms with Crippen molar-refractivity contribution >= 4 is 17.3 Å². The van der Waals surface area contributed by atoms with Gasteiger partial charge in [0.15, 0.2) is 5.96 Å². The average molecular weight is 318 g/mol. The minimum atomic E-state index is 0.459. The van der Waals surface area contributed by atoms with Crippen LogP contribution in [0.1, 0.15) is 23.3 Å². The van der Waals surface area contributed by atoms with E-state index in [9.17, 15) is 0 Å². The minimum Gasteiger partial charge on any atom is -0.481 e. The zero-order valence-corrected chi connectivity index (χ0v) is 14.0. The average Bonchev–Trinajstić information content (AvgIpc) is 3.10. The van der Waals surface area contributed by atoms with Crippen molar-refractivity contribution in [2.45, 2.75) is 19.4 Å². The predicted octanol–water partition coefficient (Wildman–Crippen LogP) is 2.62. The Balaban J connectivity index is 1.79. The summed E-state index contributed by atoms with van der Waals surface area (Å²) in [4.78, 5) is 9.81. The van der Waals surface area contributed by atoms with Crippen LogP contribution in [0.2, 0.25) is 0 Å². The van der Waals surface area contributed by atoms with Crippen LogP contribution in [-0.4, -0.2) is 31.6 Å². The lowest BCUT2D eigenvalue weighted by molar-refractivity contribution is 0.397. The molecule has 0 saturated carbocycles.